The molecule has 4 heteroatoms. The minimum atomic E-state index is -0.422. The highest BCUT2D eigenvalue weighted by atomic mass is 16.6. The van der Waals surface area contributed by atoms with Crippen LogP contribution >= 0.6 is 0 Å². The Morgan fingerprint density at radius 2 is 2.00 bits per heavy atom. The van der Waals surface area contributed by atoms with Gasteiger partial charge < -0.3 is 15.4 Å². The molecule has 1 atom stereocenters. The third kappa shape index (κ3) is 6.84. The molecule has 1 unspecified atom stereocenters. The fourth-order valence-electron chi connectivity index (χ4n) is 2.11. The molecule has 0 heterocycles. The van der Waals surface area contributed by atoms with Crippen LogP contribution in [0.15, 0.2) is 0 Å². The average molecular weight is 256 g/mol. The van der Waals surface area contributed by atoms with E-state index in [4.69, 9.17) is 4.74 Å². The molecule has 1 aliphatic rings. The molecule has 1 fully saturated rings. The van der Waals surface area contributed by atoms with Gasteiger partial charge in [-0.05, 0) is 40.0 Å². The van der Waals surface area contributed by atoms with Crippen LogP contribution in [0.25, 0.3) is 0 Å². The van der Waals surface area contributed by atoms with Crippen molar-refractivity contribution in [2.75, 3.05) is 13.1 Å². The number of carbonyl (C=O) groups excluding carboxylic acids is 1. The predicted molar refractivity (Wildman–Crippen MR) is 73.7 cm³/mol. The number of hydrogen-bond acceptors (Lipinski definition) is 3. The van der Waals surface area contributed by atoms with Crippen molar-refractivity contribution in [2.45, 2.75) is 65.0 Å². The van der Waals surface area contributed by atoms with Crippen LogP contribution in [0.2, 0.25) is 0 Å². The van der Waals surface area contributed by atoms with E-state index in [2.05, 4.69) is 17.6 Å². The lowest BCUT2D eigenvalue weighted by molar-refractivity contribution is 0.0528. The topological polar surface area (TPSA) is 50.4 Å². The lowest BCUT2D eigenvalue weighted by atomic mass is 9.81. The van der Waals surface area contributed by atoms with Crippen molar-refractivity contribution in [3.8, 4) is 0 Å². The maximum Gasteiger partial charge on any atom is 0.407 e. The van der Waals surface area contributed by atoms with Crippen molar-refractivity contribution in [1.82, 2.24) is 10.6 Å². The molecular formula is C14H28N2O2. The van der Waals surface area contributed by atoms with Crippen molar-refractivity contribution >= 4 is 6.09 Å². The first-order valence-electron chi connectivity index (χ1n) is 7.07. The Labute approximate surface area is 111 Å². The molecule has 0 aliphatic heterocycles. The highest BCUT2D eigenvalue weighted by Gasteiger charge is 2.19. The Balaban J connectivity index is 1.98. The lowest BCUT2D eigenvalue weighted by Crippen LogP contribution is -2.39. The number of alkyl carbamates (subject to hydrolysis) is 1. The number of amides is 1. The van der Waals surface area contributed by atoms with Crippen molar-refractivity contribution in [3.05, 3.63) is 0 Å². The van der Waals surface area contributed by atoms with E-state index < -0.39 is 5.60 Å². The van der Waals surface area contributed by atoms with Crippen LogP contribution in [0.3, 0.4) is 0 Å². The summed E-state index contributed by atoms with van der Waals surface area (Å²) in [5.41, 5.74) is -0.422. The van der Waals surface area contributed by atoms with Crippen molar-refractivity contribution < 1.29 is 9.53 Å². The first-order valence-corrected chi connectivity index (χ1v) is 7.07. The van der Waals surface area contributed by atoms with E-state index in [9.17, 15) is 4.79 Å². The number of ether oxygens (including phenoxy) is 1. The summed E-state index contributed by atoms with van der Waals surface area (Å²) in [6.07, 6.45) is 5.10. The van der Waals surface area contributed by atoms with Crippen LogP contribution < -0.4 is 10.6 Å². The zero-order valence-electron chi connectivity index (χ0n) is 12.2. The standard InChI is InChI=1S/C14H28N2O2/c1-11(10-12-6-5-7-12)15-8-9-16-13(17)18-14(2,3)4/h11-12,15H,5-10H2,1-4H3,(H,16,17). The Morgan fingerprint density at radius 1 is 1.33 bits per heavy atom. The largest absolute Gasteiger partial charge is 0.444 e. The highest BCUT2D eigenvalue weighted by molar-refractivity contribution is 5.67. The fraction of sp³-hybridized carbons (Fsp3) is 0.929. The van der Waals surface area contributed by atoms with E-state index >= 15 is 0 Å². The SMILES string of the molecule is CC(CC1CCC1)NCCNC(=O)OC(C)(C)C. The molecule has 106 valence electrons. The molecule has 0 saturated heterocycles. The summed E-state index contributed by atoms with van der Waals surface area (Å²) in [6.45, 7) is 9.23. The molecule has 0 aromatic heterocycles. The summed E-state index contributed by atoms with van der Waals surface area (Å²) >= 11 is 0. The molecule has 18 heavy (non-hydrogen) atoms. The van der Waals surface area contributed by atoms with Crippen LogP contribution in [-0.4, -0.2) is 30.8 Å². The molecule has 0 spiro atoms. The number of hydrogen-bond donors (Lipinski definition) is 2. The lowest BCUT2D eigenvalue weighted by Gasteiger charge is -2.28. The van der Waals surface area contributed by atoms with Gasteiger partial charge in [0.25, 0.3) is 0 Å². The van der Waals surface area contributed by atoms with Gasteiger partial charge in [-0.15, -0.1) is 0 Å². The van der Waals surface area contributed by atoms with Gasteiger partial charge in [0.1, 0.15) is 5.60 Å². The predicted octanol–water partition coefficient (Wildman–Crippen LogP) is 2.68. The van der Waals surface area contributed by atoms with Gasteiger partial charge in [0.2, 0.25) is 0 Å². The van der Waals surface area contributed by atoms with Gasteiger partial charge in [0.05, 0.1) is 0 Å². The van der Waals surface area contributed by atoms with E-state index in [1.807, 2.05) is 20.8 Å². The third-order valence-electron chi connectivity index (χ3n) is 3.20. The van der Waals surface area contributed by atoms with Crippen LogP contribution in [0.5, 0.6) is 0 Å². The fourth-order valence-corrected chi connectivity index (χ4v) is 2.11. The Kier molecular flexibility index (Phi) is 5.93. The van der Waals surface area contributed by atoms with Gasteiger partial charge in [0.15, 0.2) is 0 Å². The van der Waals surface area contributed by atoms with Crippen molar-refractivity contribution in [2.24, 2.45) is 5.92 Å². The second-order valence-corrected chi connectivity index (χ2v) is 6.32. The molecule has 0 aromatic carbocycles. The minimum absolute atomic E-state index is 0.337. The molecule has 0 radical (unpaired) electrons. The average Bonchev–Trinajstić information content (AvgIpc) is 2.16. The van der Waals surface area contributed by atoms with Crippen LogP contribution in [0.1, 0.15) is 53.4 Å². The summed E-state index contributed by atoms with van der Waals surface area (Å²) < 4.78 is 5.16. The van der Waals surface area contributed by atoms with Gasteiger partial charge in [0, 0.05) is 19.1 Å². The molecule has 0 aromatic rings. The van der Waals surface area contributed by atoms with E-state index in [0.29, 0.717) is 12.6 Å². The number of carbonyl (C=O) groups is 1. The van der Waals surface area contributed by atoms with Crippen LogP contribution in [0, 0.1) is 5.92 Å². The van der Waals surface area contributed by atoms with E-state index in [1.54, 1.807) is 0 Å². The third-order valence-corrected chi connectivity index (χ3v) is 3.20. The number of rotatable bonds is 6. The minimum Gasteiger partial charge on any atom is -0.444 e. The monoisotopic (exact) mass is 256 g/mol. The summed E-state index contributed by atoms with van der Waals surface area (Å²) in [5, 5.41) is 6.18. The molecule has 4 nitrogen and oxygen atoms in total. The first-order chi connectivity index (χ1) is 8.37. The second kappa shape index (κ2) is 6.98. The summed E-state index contributed by atoms with van der Waals surface area (Å²) in [5.74, 6) is 0.923. The van der Waals surface area contributed by atoms with Gasteiger partial charge in [-0.2, -0.15) is 0 Å². The van der Waals surface area contributed by atoms with Crippen molar-refractivity contribution in [1.29, 1.82) is 0 Å². The maximum absolute atomic E-state index is 11.4. The summed E-state index contributed by atoms with van der Waals surface area (Å²) in [4.78, 5) is 11.4. The summed E-state index contributed by atoms with van der Waals surface area (Å²) in [7, 11) is 0. The smallest absolute Gasteiger partial charge is 0.407 e. The van der Waals surface area contributed by atoms with Crippen LogP contribution in [0.4, 0.5) is 4.79 Å². The normalized spacial score (nSPS) is 18.0. The molecule has 2 N–H and O–H groups in total. The quantitative estimate of drug-likeness (QED) is 0.718. The zero-order chi connectivity index (χ0) is 13.6. The molecular weight excluding hydrogens is 228 g/mol. The van der Waals surface area contributed by atoms with Crippen molar-refractivity contribution in [3.63, 3.8) is 0 Å². The molecule has 0 bridgehead atoms. The van der Waals surface area contributed by atoms with Gasteiger partial charge in [-0.3, -0.25) is 0 Å². The molecule has 1 saturated carbocycles. The van der Waals surface area contributed by atoms with E-state index in [0.717, 1.165) is 12.5 Å². The van der Waals surface area contributed by atoms with Gasteiger partial charge in [-0.1, -0.05) is 19.3 Å². The number of nitrogens with one attached hydrogen (secondary N) is 2. The second-order valence-electron chi connectivity index (χ2n) is 6.32. The maximum atomic E-state index is 11.4. The summed E-state index contributed by atoms with van der Waals surface area (Å²) in [6, 6.07) is 0.538. The Bertz CT molecular complexity index is 257. The molecule has 1 rings (SSSR count). The first kappa shape index (κ1) is 15.3. The highest BCUT2D eigenvalue weighted by Crippen LogP contribution is 2.30. The molecule has 1 amide bonds. The Hall–Kier alpha value is -0.770. The van der Waals surface area contributed by atoms with Gasteiger partial charge >= 0.3 is 6.09 Å². The van der Waals surface area contributed by atoms with E-state index in [-0.39, 0.29) is 6.09 Å². The van der Waals surface area contributed by atoms with E-state index in [1.165, 1.54) is 25.7 Å². The Morgan fingerprint density at radius 3 is 2.50 bits per heavy atom. The molecule has 1 aliphatic carbocycles. The zero-order valence-corrected chi connectivity index (χ0v) is 12.2. The van der Waals surface area contributed by atoms with Crippen LogP contribution in [-0.2, 0) is 4.74 Å². The van der Waals surface area contributed by atoms with Gasteiger partial charge in [-0.25, -0.2) is 4.79 Å².